The monoisotopic (exact) mass is 259 g/mol. The van der Waals surface area contributed by atoms with Gasteiger partial charge in [-0.15, -0.1) is 0 Å². The van der Waals surface area contributed by atoms with Crippen molar-refractivity contribution in [1.29, 1.82) is 0 Å². The van der Waals surface area contributed by atoms with Gasteiger partial charge in [-0.3, -0.25) is 0 Å². The zero-order valence-electron chi connectivity index (χ0n) is 11.8. The van der Waals surface area contributed by atoms with Crippen LogP contribution in [-0.4, -0.2) is 17.7 Å². The summed E-state index contributed by atoms with van der Waals surface area (Å²) in [7, 11) is 0. The molecular weight excluding hydrogens is 234 g/mol. The quantitative estimate of drug-likeness (QED) is 0.869. The largest absolute Gasteiger partial charge is 0.387 e. The molecule has 104 valence electrons. The third-order valence-corrected chi connectivity index (χ3v) is 4.84. The van der Waals surface area contributed by atoms with E-state index in [2.05, 4.69) is 36.5 Å². The number of hydrogen-bond donors (Lipinski definition) is 2. The predicted molar refractivity (Wildman–Crippen MR) is 78.2 cm³/mol. The Morgan fingerprint density at radius 1 is 1.26 bits per heavy atom. The van der Waals surface area contributed by atoms with Gasteiger partial charge >= 0.3 is 0 Å². The molecule has 3 atom stereocenters. The van der Waals surface area contributed by atoms with Crippen LogP contribution in [0.25, 0.3) is 0 Å². The van der Waals surface area contributed by atoms with E-state index in [0.717, 1.165) is 18.9 Å². The van der Waals surface area contributed by atoms with Crippen LogP contribution in [0.15, 0.2) is 24.3 Å². The van der Waals surface area contributed by atoms with E-state index < -0.39 is 0 Å². The Balaban J connectivity index is 1.77. The van der Waals surface area contributed by atoms with Gasteiger partial charge in [0.25, 0.3) is 0 Å². The maximum atomic E-state index is 10.8. The summed E-state index contributed by atoms with van der Waals surface area (Å²) < 4.78 is 0. The van der Waals surface area contributed by atoms with Crippen molar-refractivity contribution in [1.82, 2.24) is 5.32 Å². The molecule has 0 aromatic heterocycles. The summed E-state index contributed by atoms with van der Waals surface area (Å²) >= 11 is 0. The van der Waals surface area contributed by atoms with E-state index >= 15 is 0 Å². The molecule has 2 aliphatic rings. The molecule has 19 heavy (non-hydrogen) atoms. The number of hydrogen-bond acceptors (Lipinski definition) is 2. The van der Waals surface area contributed by atoms with Crippen molar-refractivity contribution in [2.45, 2.75) is 57.1 Å². The van der Waals surface area contributed by atoms with Crippen molar-refractivity contribution in [3.8, 4) is 0 Å². The maximum absolute atomic E-state index is 10.8. The molecule has 2 heteroatoms. The van der Waals surface area contributed by atoms with Crippen molar-refractivity contribution < 1.29 is 5.11 Å². The third kappa shape index (κ3) is 2.85. The Morgan fingerprint density at radius 3 is 2.79 bits per heavy atom. The average molecular weight is 259 g/mol. The highest BCUT2D eigenvalue weighted by Gasteiger charge is 2.32. The van der Waals surface area contributed by atoms with Crippen LogP contribution in [0.3, 0.4) is 0 Å². The molecule has 1 heterocycles. The molecule has 2 nitrogen and oxygen atoms in total. The normalized spacial score (nSPS) is 29.2. The van der Waals surface area contributed by atoms with Gasteiger partial charge in [-0.2, -0.15) is 0 Å². The Morgan fingerprint density at radius 2 is 2.05 bits per heavy atom. The minimum Gasteiger partial charge on any atom is -0.387 e. The molecule has 0 spiro atoms. The highest BCUT2D eigenvalue weighted by Crippen LogP contribution is 2.43. The summed E-state index contributed by atoms with van der Waals surface area (Å²) in [5.41, 5.74) is 2.55. The van der Waals surface area contributed by atoms with Gasteiger partial charge in [0.05, 0.1) is 6.10 Å². The minimum atomic E-state index is -0.342. The Bertz CT molecular complexity index is 427. The summed E-state index contributed by atoms with van der Waals surface area (Å²) in [6, 6.07) is 8.72. The molecule has 3 rings (SSSR count). The molecule has 1 aromatic rings. The number of aliphatic hydroxyl groups excluding tert-OH is 1. The van der Waals surface area contributed by atoms with Crippen LogP contribution < -0.4 is 5.32 Å². The molecule has 2 N–H and O–H groups in total. The number of aliphatic hydroxyl groups is 1. The fourth-order valence-electron chi connectivity index (χ4n) is 3.41. The molecule has 1 saturated heterocycles. The zero-order valence-corrected chi connectivity index (χ0v) is 11.8. The van der Waals surface area contributed by atoms with Gasteiger partial charge in [0.1, 0.15) is 0 Å². The van der Waals surface area contributed by atoms with Crippen LogP contribution in [0.5, 0.6) is 0 Å². The molecule has 1 aliphatic heterocycles. The van der Waals surface area contributed by atoms with E-state index in [1.807, 2.05) is 0 Å². The Kier molecular flexibility index (Phi) is 3.90. The van der Waals surface area contributed by atoms with Gasteiger partial charge in [-0.25, -0.2) is 0 Å². The van der Waals surface area contributed by atoms with Crippen molar-refractivity contribution in [3.63, 3.8) is 0 Å². The van der Waals surface area contributed by atoms with Crippen molar-refractivity contribution in [3.05, 3.63) is 35.4 Å². The highest BCUT2D eigenvalue weighted by atomic mass is 16.3. The summed E-state index contributed by atoms with van der Waals surface area (Å²) in [6.07, 6.45) is 5.83. The maximum Gasteiger partial charge on any atom is 0.0945 e. The fourth-order valence-corrected chi connectivity index (χ4v) is 3.41. The van der Waals surface area contributed by atoms with Crippen molar-refractivity contribution >= 4 is 0 Å². The smallest absolute Gasteiger partial charge is 0.0945 e. The van der Waals surface area contributed by atoms with Gasteiger partial charge in [-0.05, 0) is 55.2 Å². The van der Waals surface area contributed by atoms with Gasteiger partial charge < -0.3 is 10.4 Å². The second-order valence-corrected chi connectivity index (χ2v) is 6.21. The molecule has 1 aromatic carbocycles. The first-order valence-electron chi connectivity index (χ1n) is 7.80. The lowest BCUT2D eigenvalue weighted by atomic mass is 9.84. The Labute approximate surface area is 116 Å². The van der Waals surface area contributed by atoms with Gasteiger partial charge in [0.15, 0.2) is 0 Å². The predicted octanol–water partition coefficient (Wildman–Crippen LogP) is 3.38. The summed E-state index contributed by atoms with van der Waals surface area (Å²) in [5.74, 6) is 1.48. The fraction of sp³-hybridized carbons (Fsp3) is 0.647. The van der Waals surface area contributed by atoms with Crippen molar-refractivity contribution in [2.75, 3.05) is 6.54 Å². The first-order valence-corrected chi connectivity index (χ1v) is 7.80. The summed E-state index contributed by atoms with van der Waals surface area (Å²) in [4.78, 5) is 0. The van der Waals surface area contributed by atoms with E-state index in [9.17, 15) is 5.11 Å². The third-order valence-electron chi connectivity index (χ3n) is 4.84. The van der Waals surface area contributed by atoms with Crippen LogP contribution in [0.1, 0.15) is 62.2 Å². The van der Waals surface area contributed by atoms with E-state index in [0.29, 0.717) is 5.92 Å². The second-order valence-electron chi connectivity index (χ2n) is 6.21. The lowest BCUT2D eigenvalue weighted by molar-refractivity contribution is 0.0971. The van der Waals surface area contributed by atoms with E-state index in [1.54, 1.807) is 0 Å². The van der Waals surface area contributed by atoms with E-state index in [-0.39, 0.29) is 12.1 Å². The molecule has 2 fully saturated rings. The van der Waals surface area contributed by atoms with E-state index in [4.69, 9.17) is 0 Å². The van der Waals surface area contributed by atoms with E-state index in [1.165, 1.54) is 36.8 Å². The molecule has 0 radical (unpaired) electrons. The molecule has 3 unspecified atom stereocenters. The lowest BCUT2D eigenvalue weighted by Crippen LogP contribution is -2.42. The molecular formula is C17H25NO. The number of piperidine rings is 1. The van der Waals surface area contributed by atoms with Crippen LogP contribution in [-0.2, 0) is 0 Å². The van der Waals surface area contributed by atoms with Crippen LogP contribution in [0, 0.1) is 5.92 Å². The zero-order chi connectivity index (χ0) is 13.2. The number of nitrogens with one attached hydrogen (secondary N) is 1. The standard InChI is InChI=1S/C17H25NO/c1-2-12-9-10-18-16(11-12)17(19)15-6-4-3-5-14(15)13-7-8-13/h3-6,12-13,16-19H,2,7-11H2,1H3. The van der Waals surface area contributed by atoms with Gasteiger partial charge in [0.2, 0.25) is 0 Å². The topological polar surface area (TPSA) is 32.3 Å². The SMILES string of the molecule is CCC1CCNC(C(O)c2ccccc2C2CC2)C1. The highest BCUT2D eigenvalue weighted by molar-refractivity contribution is 5.35. The number of benzene rings is 1. The molecule has 0 amide bonds. The van der Waals surface area contributed by atoms with Crippen LogP contribution >= 0.6 is 0 Å². The Hall–Kier alpha value is -0.860. The van der Waals surface area contributed by atoms with Crippen LogP contribution in [0.2, 0.25) is 0 Å². The summed E-state index contributed by atoms with van der Waals surface area (Å²) in [6.45, 7) is 3.31. The molecule has 1 saturated carbocycles. The second kappa shape index (κ2) is 5.64. The summed E-state index contributed by atoms with van der Waals surface area (Å²) in [5, 5.41) is 14.3. The molecule has 1 aliphatic carbocycles. The number of rotatable bonds is 4. The average Bonchev–Trinajstić information content (AvgIpc) is 3.31. The van der Waals surface area contributed by atoms with Gasteiger partial charge in [0, 0.05) is 6.04 Å². The van der Waals surface area contributed by atoms with Gasteiger partial charge in [-0.1, -0.05) is 37.6 Å². The van der Waals surface area contributed by atoms with Crippen LogP contribution in [0.4, 0.5) is 0 Å². The lowest BCUT2D eigenvalue weighted by Gasteiger charge is -2.33. The first kappa shape index (κ1) is 13.1. The van der Waals surface area contributed by atoms with Crippen molar-refractivity contribution in [2.24, 2.45) is 5.92 Å². The first-order chi connectivity index (χ1) is 9.29. The molecule has 0 bridgehead atoms. The minimum absolute atomic E-state index is 0.235.